The third kappa shape index (κ3) is 4.87. The summed E-state index contributed by atoms with van der Waals surface area (Å²) in [5, 5.41) is 0.549. The molecule has 1 nitrogen and oxygen atoms in total. The van der Waals surface area contributed by atoms with Crippen LogP contribution in [0.5, 0.6) is 0 Å². The number of carbonyl (C=O) groups excluding carboxylic acids is 1. The van der Waals surface area contributed by atoms with E-state index < -0.39 is 0 Å². The molecule has 1 atom stereocenters. The van der Waals surface area contributed by atoms with Crippen molar-refractivity contribution in [2.45, 2.75) is 85.5 Å². The van der Waals surface area contributed by atoms with Gasteiger partial charge in [0.2, 0.25) is 0 Å². The Bertz CT molecular complexity index is 221. The topological polar surface area (TPSA) is 17.1 Å². The minimum absolute atomic E-state index is 0.0196. The van der Waals surface area contributed by atoms with Crippen molar-refractivity contribution < 1.29 is 4.79 Å². The van der Waals surface area contributed by atoms with Crippen LogP contribution in [0.2, 0.25) is 0 Å². The molecule has 0 saturated heterocycles. The van der Waals surface area contributed by atoms with E-state index in [1.165, 1.54) is 44.9 Å². The van der Waals surface area contributed by atoms with Gasteiger partial charge in [0.05, 0.1) is 10.2 Å². The van der Waals surface area contributed by atoms with E-state index in [1.54, 1.807) is 0 Å². The minimum Gasteiger partial charge on any atom is -0.306 e. The van der Waals surface area contributed by atoms with Gasteiger partial charge in [-0.15, -0.1) is 0 Å². The molecule has 0 aliphatic carbocycles. The first-order valence-corrected chi connectivity index (χ1v) is 9.09. The first-order chi connectivity index (χ1) is 8.58. The van der Waals surface area contributed by atoms with Crippen LogP contribution in [-0.2, 0) is 4.79 Å². The lowest BCUT2D eigenvalue weighted by molar-refractivity contribution is -0.124. The Morgan fingerprint density at radius 1 is 1.00 bits per heavy atom. The molecule has 1 unspecified atom stereocenters. The Hall–Kier alpha value is -0.113. The Kier molecular flexibility index (Phi) is 9.71. The molecule has 0 aromatic carbocycles. The zero-order valence-corrected chi connectivity index (χ0v) is 15.3. The second-order valence-electron chi connectivity index (χ2n) is 5.73. The van der Waals surface area contributed by atoms with Crippen LogP contribution >= 0.6 is 0 Å². The summed E-state index contributed by atoms with van der Waals surface area (Å²) in [7, 11) is 0.720. The Morgan fingerprint density at radius 3 is 1.94 bits per heavy atom. The van der Waals surface area contributed by atoms with Gasteiger partial charge in [-0.1, -0.05) is 66.2 Å². The molecule has 0 saturated carbocycles. The second kappa shape index (κ2) is 9.77. The van der Waals surface area contributed by atoms with Gasteiger partial charge in [0, 0.05) is 5.41 Å². The molecule has 0 fully saturated rings. The van der Waals surface area contributed by atoms with Crippen molar-refractivity contribution in [3.63, 3.8) is 0 Å². The van der Waals surface area contributed by atoms with Crippen molar-refractivity contribution in [3.05, 3.63) is 0 Å². The van der Waals surface area contributed by atoms with E-state index in [-0.39, 0.29) is 5.41 Å². The predicted octanol–water partition coefficient (Wildman–Crippen LogP) is 4.07. The van der Waals surface area contributed by atoms with Crippen molar-refractivity contribution in [2.24, 2.45) is 11.3 Å². The smallest absolute Gasteiger partial charge is 0.107 e. The Balaban J connectivity index is 4.39. The molecule has 2 heteroatoms. The van der Waals surface area contributed by atoms with E-state index in [0.717, 1.165) is 23.1 Å². The summed E-state index contributed by atoms with van der Waals surface area (Å²) < 4.78 is 0. The van der Waals surface area contributed by atoms with E-state index in [1.807, 2.05) is 0 Å². The second-order valence-corrected chi connectivity index (χ2v) is 6.64. The maximum absolute atomic E-state index is 12.1. The third-order valence-corrected chi connectivity index (χ3v) is 5.89. The summed E-state index contributed by atoms with van der Waals surface area (Å²) in [6, 6.07) is 0. The highest BCUT2D eigenvalue weighted by atomic mass is 28.1. The molecule has 0 bridgehead atoms. The van der Waals surface area contributed by atoms with Gasteiger partial charge in [0.1, 0.15) is 5.41 Å². The molecule has 0 amide bonds. The number of carbonyl (C=O) groups is 1. The molecular formula is C16H34OSi. The monoisotopic (exact) mass is 270 g/mol. The van der Waals surface area contributed by atoms with Crippen molar-refractivity contribution in [3.8, 4) is 0 Å². The lowest BCUT2D eigenvalue weighted by atomic mass is 9.69. The molecule has 0 aliphatic heterocycles. The highest BCUT2D eigenvalue weighted by Gasteiger charge is 2.37. The molecule has 0 aromatic heterocycles. The normalized spacial score (nSPS) is 13.8. The quantitative estimate of drug-likeness (QED) is 0.408. The standard InChI is InChI=1S/C16H34OSi/c1-5-9-10-11-12-13-14(6-2)16(7-3,8-4)15(17)18/h14H,5-13H2,1-4,18H3. The van der Waals surface area contributed by atoms with Gasteiger partial charge in [0.15, 0.2) is 0 Å². The van der Waals surface area contributed by atoms with Crippen molar-refractivity contribution in [2.75, 3.05) is 0 Å². The van der Waals surface area contributed by atoms with E-state index in [9.17, 15) is 4.79 Å². The number of rotatable bonds is 11. The van der Waals surface area contributed by atoms with Crippen LogP contribution < -0.4 is 0 Å². The van der Waals surface area contributed by atoms with Crippen LogP contribution in [0.1, 0.15) is 85.5 Å². The summed E-state index contributed by atoms with van der Waals surface area (Å²) >= 11 is 0. The zero-order chi connectivity index (χ0) is 14.0. The Labute approximate surface area is 118 Å². The van der Waals surface area contributed by atoms with E-state index in [0.29, 0.717) is 11.3 Å². The first kappa shape index (κ1) is 17.9. The molecule has 0 radical (unpaired) electrons. The molecule has 0 aliphatic rings. The lowest BCUT2D eigenvalue weighted by Crippen LogP contribution is -2.38. The molecule has 18 heavy (non-hydrogen) atoms. The summed E-state index contributed by atoms with van der Waals surface area (Å²) in [5.74, 6) is 0.624. The molecule has 0 heterocycles. The van der Waals surface area contributed by atoms with Gasteiger partial charge in [-0.05, 0) is 25.2 Å². The summed E-state index contributed by atoms with van der Waals surface area (Å²) in [6.45, 7) is 8.94. The molecule has 0 spiro atoms. The number of hydrogen-bond acceptors (Lipinski definition) is 1. The molecule has 0 rings (SSSR count). The summed E-state index contributed by atoms with van der Waals surface area (Å²) in [4.78, 5) is 12.1. The zero-order valence-electron chi connectivity index (χ0n) is 13.3. The summed E-state index contributed by atoms with van der Waals surface area (Å²) in [6.07, 6.45) is 11.2. The van der Waals surface area contributed by atoms with Crippen LogP contribution in [0.4, 0.5) is 0 Å². The highest BCUT2D eigenvalue weighted by Crippen LogP contribution is 2.40. The number of hydrogen-bond donors (Lipinski definition) is 0. The SMILES string of the molecule is CCCCCCCC(CC)C(CC)(CC)C(=O)[SiH3]. The van der Waals surface area contributed by atoms with Crippen LogP contribution in [0.3, 0.4) is 0 Å². The third-order valence-electron chi connectivity index (χ3n) is 4.89. The lowest BCUT2D eigenvalue weighted by Gasteiger charge is -2.37. The van der Waals surface area contributed by atoms with Gasteiger partial charge >= 0.3 is 0 Å². The van der Waals surface area contributed by atoms with Gasteiger partial charge in [-0.2, -0.15) is 0 Å². The molecule has 0 N–H and O–H groups in total. The van der Waals surface area contributed by atoms with Crippen LogP contribution in [-0.4, -0.2) is 15.6 Å². The summed E-state index contributed by atoms with van der Waals surface area (Å²) in [5.41, 5.74) is 0.0196. The molecule has 0 aromatic rings. The fourth-order valence-corrected chi connectivity index (χ4v) is 4.59. The predicted molar refractivity (Wildman–Crippen MR) is 85.1 cm³/mol. The van der Waals surface area contributed by atoms with E-state index in [2.05, 4.69) is 27.7 Å². The van der Waals surface area contributed by atoms with Crippen LogP contribution in [0, 0.1) is 11.3 Å². The van der Waals surface area contributed by atoms with Crippen molar-refractivity contribution in [1.82, 2.24) is 0 Å². The fourth-order valence-electron chi connectivity index (χ4n) is 3.48. The van der Waals surface area contributed by atoms with Crippen LogP contribution in [0.15, 0.2) is 0 Å². The first-order valence-electron chi connectivity index (χ1n) is 8.09. The Morgan fingerprint density at radius 2 is 1.56 bits per heavy atom. The minimum atomic E-state index is 0.0196. The fraction of sp³-hybridized carbons (Fsp3) is 0.938. The van der Waals surface area contributed by atoms with E-state index >= 15 is 0 Å². The van der Waals surface area contributed by atoms with E-state index in [4.69, 9.17) is 0 Å². The van der Waals surface area contributed by atoms with Gasteiger partial charge in [-0.25, -0.2) is 0 Å². The highest BCUT2D eigenvalue weighted by molar-refractivity contribution is 6.59. The average molecular weight is 271 g/mol. The average Bonchev–Trinajstić information content (AvgIpc) is 2.37. The maximum Gasteiger partial charge on any atom is 0.107 e. The van der Waals surface area contributed by atoms with Gasteiger partial charge in [-0.3, -0.25) is 0 Å². The maximum atomic E-state index is 12.1. The molecule has 108 valence electrons. The van der Waals surface area contributed by atoms with Crippen LogP contribution in [0.25, 0.3) is 0 Å². The van der Waals surface area contributed by atoms with Gasteiger partial charge in [0.25, 0.3) is 0 Å². The molecular weight excluding hydrogens is 236 g/mol. The van der Waals surface area contributed by atoms with Crippen molar-refractivity contribution >= 4 is 15.6 Å². The van der Waals surface area contributed by atoms with Crippen molar-refractivity contribution in [1.29, 1.82) is 0 Å². The number of unbranched alkanes of at least 4 members (excludes halogenated alkanes) is 4. The van der Waals surface area contributed by atoms with Gasteiger partial charge < -0.3 is 4.79 Å². The largest absolute Gasteiger partial charge is 0.306 e.